The van der Waals surface area contributed by atoms with Crippen LogP contribution in [0.1, 0.15) is 30.6 Å². The standard InChI is InChI=1S/C13H16INO4/c1-3-8(2)19-7-12(16)15-11-5-9(13(17)18)4-10(14)6-11/h4-6,8H,3,7H2,1-2H3,(H,15,16)(H,17,18). The van der Waals surface area contributed by atoms with Gasteiger partial charge in [-0.1, -0.05) is 6.92 Å². The van der Waals surface area contributed by atoms with Gasteiger partial charge in [0, 0.05) is 9.26 Å². The maximum atomic E-state index is 11.6. The molecule has 1 atom stereocenters. The molecule has 0 aliphatic rings. The Morgan fingerprint density at radius 2 is 2.11 bits per heavy atom. The summed E-state index contributed by atoms with van der Waals surface area (Å²) >= 11 is 2.00. The number of carboxylic acids is 1. The monoisotopic (exact) mass is 377 g/mol. The Labute approximate surface area is 125 Å². The molecular formula is C13H16INO4. The van der Waals surface area contributed by atoms with Crippen molar-refractivity contribution in [3.63, 3.8) is 0 Å². The van der Waals surface area contributed by atoms with Crippen LogP contribution in [-0.4, -0.2) is 29.7 Å². The highest BCUT2D eigenvalue weighted by Gasteiger charge is 2.09. The van der Waals surface area contributed by atoms with Crippen LogP contribution in [0.3, 0.4) is 0 Å². The molecule has 0 saturated carbocycles. The van der Waals surface area contributed by atoms with Crippen molar-refractivity contribution in [2.24, 2.45) is 0 Å². The fourth-order valence-electron chi connectivity index (χ4n) is 1.32. The second kappa shape index (κ2) is 7.44. The van der Waals surface area contributed by atoms with E-state index in [1.807, 2.05) is 36.4 Å². The van der Waals surface area contributed by atoms with Gasteiger partial charge in [0.1, 0.15) is 6.61 Å². The average Bonchev–Trinajstić information content (AvgIpc) is 2.35. The Hall–Kier alpha value is -1.15. The normalized spacial score (nSPS) is 11.9. The zero-order chi connectivity index (χ0) is 14.4. The van der Waals surface area contributed by atoms with E-state index in [2.05, 4.69) is 5.32 Å². The third-order valence-electron chi connectivity index (χ3n) is 2.50. The van der Waals surface area contributed by atoms with Crippen LogP contribution in [-0.2, 0) is 9.53 Å². The van der Waals surface area contributed by atoms with Crippen molar-refractivity contribution in [3.8, 4) is 0 Å². The van der Waals surface area contributed by atoms with Gasteiger partial charge >= 0.3 is 5.97 Å². The third kappa shape index (κ3) is 5.56. The van der Waals surface area contributed by atoms with Gasteiger partial charge in [-0.25, -0.2) is 4.79 Å². The van der Waals surface area contributed by atoms with Crippen LogP contribution in [0.25, 0.3) is 0 Å². The lowest BCUT2D eigenvalue weighted by Gasteiger charge is -2.11. The SMILES string of the molecule is CCC(C)OCC(=O)Nc1cc(I)cc(C(=O)O)c1. The molecule has 104 valence electrons. The highest BCUT2D eigenvalue weighted by atomic mass is 127. The number of ether oxygens (including phenoxy) is 1. The van der Waals surface area contributed by atoms with E-state index in [9.17, 15) is 9.59 Å². The molecule has 0 bridgehead atoms. The molecule has 1 rings (SSSR count). The molecule has 1 amide bonds. The first-order valence-corrected chi connectivity index (χ1v) is 6.95. The molecule has 1 unspecified atom stereocenters. The van der Waals surface area contributed by atoms with Gasteiger partial charge in [-0.05, 0) is 54.1 Å². The topological polar surface area (TPSA) is 75.6 Å². The zero-order valence-corrected chi connectivity index (χ0v) is 12.9. The predicted octanol–water partition coefficient (Wildman–Crippen LogP) is 2.74. The number of anilines is 1. The maximum Gasteiger partial charge on any atom is 0.335 e. The number of benzene rings is 1. The number of amides is 1. The highest BCUT2D eigenvalue weighted by molar-refractivity contribution is 14.1. The van der Waals surface area contributed by atoms with Crippen molar-refractivity contribution >= 4 is 40.2 Å². The van der Waals surface area contributed by atoms with Crippen LogP contribution in [0.2, 0.25) is 0 Å². The van der Waals surface area contributed by atoms with Crippen molar-refractivity contribution in [2.75, 3.05) is 11.9 Å². The van der Waals surface area contributed by atoms with Crippen LogP contribution < -0.4 is 5.32 Å². The smallest absolute Gasteiger partial charge is 0.335 e. The number of carbonyl (C=O) groups excluding carboxylic acids is 1. The number of hydrogen-bond acceptors (Lipinski definition) is 3. The van der Waals surface area contributed by atoms with Crippen molar-refractivity contribution in [3.05, 3.63) is 27.3 Å². The second-order valence-corrected chi connectivity index (χ2v) is 5.36. The van der Waals surface area contributed by atoms with Gasteiger partial charge in [-0.15, -0.1) is 0 Å². The number of halogens is 1. The number of aromatic carboxylic acids is 1. The van der Waals surface area contributed by atoms with Crippen molar-refractivity contribution in [1.29, 1.82) is 0 Å². The maximum absolute atomic E-state index is 11.6. The van der Waals surface area contributed by atoms with Gasteiger partial charge in [0.2, 0.25) is 5.91 Å². The fraction of sp³-hybridized carbons (Fsp3) is 0.385. The van der Waals surface area contributed by atoms with Gasteiger partial charge < -0.3 is 15.2 Å². The summed E-state index contributed by atoms with van der Waals surface area (Å²) in [7, 11) is 0. The second-order valence-electron chi connectivity index (χ2n) is 4.11. The molecule has 5 nitrogen and oxygen atoms in total. The average molecular weight is 377 g/mol. The lowest BCUT2D eigenvalue weighted by Crippen LogP contribution is -2.21. The minimum Gasteiger partial charge on any atom is -0.478 e. The number of rotatable bonds is 6. The van der Waals surface area contributed by atoms with Gasteiger partial charge in [0.25, 0.3) is 0 Å². The van der Waals surface area contributed by atoms with Crippen molar-refractivity contribution in [2.45, 2.75) is 26.4 Å². The Morgan fingerprint density at radius 1 is 1.42 bits per heavy atom. The Balaban J connectivity index is 2.66. The van der Waals surface area contributed by atoms with E-state index in [0.717, 1.165) is 9.99 Å². The van der Waals surface area contributed by atoms with E-state index in [0.29, 0.717) is 5.69 Å². The van der Waals surface area contributed by atoms with Crippen LogP contribution in [0.5, 0.6) is 0 Å². The first-order valence-electron chi connectivity index (χ1n) is 5.87. The molecule has 0 fully saturated rings. The minimum absolute atomic E-state index is 0.0243. The molecule has 19 heavy (non-hydrogen) atoms. The van der Waals surface area contributed by atoms with Crippen LogP contribution in [0, 0.1) is 3.57 Å². The lowest BCUT2D eigenvalue weighted by molar-refractivity contribution is -0.122. The summed E-state index contributed by atoms with van der Waals surface area (Å²) in [4.78, 5) is 22.5. The molecule has 0 aliphatic carbocycles. The first kappa shape index (κ1) is 15.9. The minimum atomic E-state index is -1.02. The summed E-state index contributed by atoms with van der Waals surface area (Å²) in [5, 5.41) is 11.6. The molecule has 1 aromatic rings. The fourth-order valence-corrected chi connectivity index (χ4v) is 1.99. The highest BCUT2D eigenvalue weighted by Crippen LogP contribution is 2.17. The number of carbonyl (C=O) groups is 2. The van der Waals surface area contributed by atoms with E-state index in [4.69, 9.17) is 9.84 Å². The van der Waals surface area contributed by atoms with E-state index in [1.165, 1.54) is 12.1 Å². The first-order chi connectivity index (χ1) is 8.92. The van der Waals surface area contributed by atoms with E-state index < -0.39 is 5.97 Å². The molecule has 0 radical (unpaired) electrons. The van der Waals surface area contributed by atoms with Crippen LogP contribution >= 0.6 is 22.6 Å². The van der Waals surface area contributed by atoms with Gasteiger partial charge in [0.15, 0.2) is 0 Å². The summed E-state index contributed by atoms with van der Waals surface area (Å²) in [6.45, 7) is 3.82. The van der Waals surface area contributed by atoms with E-state index in [-0.39, 0.29) is 24.2 Å². The molecule has 2 N–H and O–H groups in total. The van der Waals surface area contributed by atoms with Crippen molar-refractivity contribution < 1.29 is 19.4 Å². The van der Waals surface area contributed by atoms with Gasteiger partial charge in [-0.2, -0.15) is 0 Å². The zero-order valence-electron chi connectivity index (χ0n) is 10.8. The summed E-state index contributed by atoms with van der Waals surface area (Å²) < 4.78 is 6.05. The van der Waals surface area contributed by atoms with Crippen LogP contribution in [0.15, 0.2) is 18.2 Å². The Bertz CT molecular complexity index is 476. The summed E-state index contributed by atoms with van der Waals surface area (Å²) in [6.07, 6.45) is 0.857. The van der Waals surface area contributed by atoms with Crippen LogP contribution in [0.4, 0.5) is 5.69 Å². The molecule has 0 aliphatic heterocycles. The van der Waals surface area contributed by atoms with Gasteiger partial charge in [0.05, 0.1) is 11.7 Å². The third-order valence-corrected chi connectivity index (χ3v) is 3.13. The summed E-state index contributed by atoms with van der Waals surface area (Å²) in [5.74, 6) is -1.32. The summed E-state index contributed by atoms with van der Waals surface area (Å²) in [6, 6.07) is 4.66. The Kier molecular flexibility index (Phi) is 6.23. The molecule has 0 saturated heterocycles. The molecule has 0 heterocycles. The Morgan fingerprint density at radius 3 is 2.68 bits per heavy atom. The molecule has 1 aromatic carbocycles. The lowest BCUT2D eigenvalue weighted by atomic mass is 10.2. The molecule has 0 spiro atoms. The molecule has 6 heteroatoms. The van der Waals surface area contributed by atoms with E-state index in [1.54, 1.807) is 6.07 Å². The molecular weight excluding hydrogens is 361 g/mol. The quantitative estimate of drug-likeness (QED) is 0.748. The number of nitrogens with one attached hydrogen (secondary N) is 1. The van der Waals surface area contributed by atoms with Gasteiger partial charge in [-0.3, -0.25) is 4.79 Å². The van der Waals surface area contributed by atoms with E-state index >= 15 is 0 Å². The number of carboxylic acid groups (broad SMARTS) is 1. The predicted molar refractivity (Wildman–Crippen MR) is 80.5 cm³/mol. The summed E-state index contributed by atoms with van der Waals surface area (Å²) in [5.41, 5.74) is 0.604. The molecule has 0 aromatic heterocycles. The number of hydrogen-bond donors (Lipinski definition) is 2. The largest absolute Gasteiger partial charge is 0.478 e. The van der Waals surface area contributed by atoms with Crippen molar-refractivity contribution in [1.82, 2.24) is 0 Å².